The van der Waals surface area contributed by atoms with Crippen molar-refractivity contribution >= 4 is 23.4 Å². The summed E-state index contributed by atoms with van der Waals surface area (Å²) in [5.74, 6) is 0.604. The van der Waals surface area contributed by atoms with Gasteiger partial charge in [-0.25, -0.2) is 0 Å². The Kier molecular flexibility index (Phi) is 6.32. The Labute approximate surface area is 184 Å². The molecule has 4 saturated carbocycles. The van der Waals surface area contributed by atoms with E-state index in [0.717, 1.165) is 50.0 Å². The number of carbonyl (C=O) groups is 3. The van der Waals surface area contributed by atoms with E-state index in [1.54, 1.807) is 24.3 Å². The van der Waals surface area contributed by atoms with Gasteiger partial charge in [0.05, 0.1) is 11.3 Å². The van der Waals surface area contributed by atoms with Gasteiger partial charge in [0.2, 0.25) is 0 Å². The van der Waals surface area contributed by atoms with Crippen LogP contribution in [0.3, 0.4) is 0 Å². The number of para-hydroxylation sites is 1. The van der Waals surface area contributed by atoms with Gasteiger partial charge in [0.1, 0.15) is 0 Å². The molecule has 0 radical (unpaired) electrons. The first-order chi connectivity index (χ1) is 14.8. The molecule has 5 rings (SSSR count). The lowest BCUT2D eigenvalue weighted by atomic mass is 9.53. The summed E-state index contributed by atoms with van der Waals surface area (Å²) in [7, 11) is 3.92. The van der Waals surface area contributed by atoms with Gasteiger partial charge in [0.15, 0.2) is 0 Å². The molecule has 0 spiro atoms. The van der Waals surface area contributed by atoms with Crippen LogP contribution in [-0.2, 0) is 9.59 Å². The Hall–Kier alpha value is -2.41. The molecule has 31 heavy (non-hydrogen) atoms. The molecule has 0 unspecified atom stereocenters. The number of hydrogen-bond acceptors (Lipinski definition) is 4. The number of amides is 3. The van der Waals surface area contributed by atoms with Gasteiger partial charge >= 0.3 is 11.8 Å². The van der Waals surface area contributed by atoms with Crippen LogP contribution >= 0.6 is 0 Å². The molecular weight excluding hydrogens is 392 g/mol. The summed E-state index contributed by atoms with van der Waals surface area (Å²) in [6.45, 7) is 1.26. The van der Waals surface area contributed by atoms with Crippen LogP contribution in [0.25, 0.3) is 0 Å². The highest BCUT2D eigenvalue weighted by atomic mass is 16.2. The molecule has 0 aliphatic heterocycles. The van der Waals surface area contributed by atoms with E-state index in [1.807, 2.05) is 19.0 Å². The first-order valence-corrected chi connectivity index (χ1v) is 11.5. The topological polar surface area (TPSA) is 90.5 Å². The van der Waals surface area contributed by atoms with Crippen LogP contribution in [0, 0.1) is 17.8 Å². The maximum Gasteiger partial charge on any atom is 0.313 e. The molecule has 168 valence electrons. The molecule has 7 nitrogen and oxygen atoms in total. The van der Waals surface area contributed by atoms with Crippen LogP contribution in [0.1, 0.15) is 55.3 Å². The Morgan fingerprint density at radius 3 is 2.19 bits per heavy atom. The number of carbonyl (C=O) groups excluding carboxylic acids is 3. The molecule has 1 aromatic carbocycles. The molecule has 0 saturated heterocycles. The lowest BCUT2D eigenvalue weighted by Crippen LogP contribution is -2.59. The fourth-order valence-corrected chi connectivity index (χ4v) is 6.22. The summed E-state index contributed by atoms with van der Waals surface area (Å²) in [4.78, 5) is 39.7. The number of nitrogens with zero attached hydrogens (tertiary/aromatic N) is 1. The van der Waals surface area contributed by atoms with Crippen molar-refractivity contribution in [2.45, 2.75) is 50.5 Å². The second kappa shape index (κ2) is 8.99. The van der Waals surface area contributed by atoms with Crippen LogP contribution in [0.5, 0.6) is 0 Å². The third-order valence-corrected chi connectivity index (χ3v) is 7.11. The van der Waals surface area contributed by atoms with Gasteiger partial charge in [-0.1, -0.05) is 12.1 Å². The standard InChI is InChI=1S/C24H34N4O3/c1-28(2)9-5-8-25-22(30)23(31)26-20-7-4-3-6-19(20)21(29)27-24-13-16-10-17(14-24)12-18(11-16)15-24/h3-4,6-7,16-18H,5,8-15H2,1-2H3,(H,25,30)(H,26,31)(H,27,29). The maximum atomic E-state index is 13.2. The zero-order valence-corrected chi connectivity index (χ0v) is 18.6. The van der Waals surface area contributed by atoms with Gasteiger partial charge in [-0.05, 0) is 95.5 Å². The molecule has 4 bridgehead atoms. The Bertz CT molecular complexity index is 816. The number of hydrogen-bond donors (Lipinski definition) is 3. The lowest BCUT2D eigenvalue weighted by Gasteiger charge is -2.56. The molecule has 3 amide bonds. The summed E-state index contributed by atoms with van der Waals surface area (Å²) in [6, 6.07) is 6.92. The van der Waals surface area contributed by atoms with Gasteiger partial charge < -0.3 is 20.9 Å². The lowest BCUT2D eigenvalue weighted by molar-refractivity contribution is -0.136. The van der Waals surface area contributed by atoms with E-state index in [9.17, 15) is 14.4 Å². The van der Waals surface area contributed by atoms with E-state index in [4.69, 9.17) is 0 Å². The van der Waals surface area contributed by atoms with Gasteiger partial charge in [-0.2, -0.15) is 0 Å². The summed E-state index contributed by atoms with van der Waals surface area (Å²) < 4.78 is 0. The van der Waals surface area contributed by atoms with E-state index >= 15 is 0 Å². The normalized spacial score (nSPS) is 28.4. The molecule has 0 aromatic heterocycles. The molecule has 4 aliphatic carbocycles. The molecule has 1 aromatic rings. The van der Waals surface area contributed by atoms with E-state index in [1.165, 1.54) is 19.3 Å². The van der Waals surface area contributed by atoms with Gasteiger partial charge in [0, 0.05) is 12.1 Å². The number of nitrogens with one attached hydrogen (secondary N) is 3. The minimum atomic E-state index is -0.750. The molecule has 0 heterocycles. The second-order valence-corrected chi connectivity index (χ2v) is 10.1. The molecule has 4 fully saturated rings. The molecule has 7 heteroatoms. The van der Waals surface area contributed by atoms with Crippen LogP contribution in [0.4, 0.5) is 5.69 Å². The monoisotopic (exact) mass is 426 g/mol. The van der Waals surface area contributed by atoms with Crippen molar-refractivity contribution in [1.82, 2.24) is 15.5 Å². The first-order valence-electron chi connectivity index (χ1n) is 11.5. The quantitative estimate of drug-likeness (QED) is 0.461. The van der Waals surface area contributed by atoms with E-state index in [0.29, 0.717) is 17.8 Å². The highest BCUT2D eigenvalue weighted by Gasteiger charge is 2.51. The van der Waals surface area contributed by atoms with Crippen molar-refractivity contribution in [3.63, 3.8) is 0 Å². The summed E-state index contributed by atoms with van der Waals surface area (Å²) >= 11 is 0. The van der Waals surface area contributed by atoms with Crippen LogP contribution in [0.15, 0.2) is 24.3 Å². The van der Waals surface area contributed by atoms with Crippen molar-refractivity contribution in [3.05, 3.63) is 29.8 Å². The third kappa shape index (κ3) is 5.09. The molecule has 3 N–H and O–H groups in total. The van der Waals surface area contributed by atoms with Crippen molar-refractivity contribution in [2.24, 2.45) is 17.8 Å². The zero-order valence-electron chi connectivity index (χ0n) is 18.6. The number of anilines is 1. The molecular formula is C24H34N4O3. The number of benzene rings is 1. The van der Waals surface area contributed by atoms with E-state index in [2.05, 4.69) is 16.0 Å². The Morgan fingerprint density at radius 2 is 1.58 bits per heavy atom. The van der Waals surface area contributed by atoms with Crippen molar-refractivity contribution in [1.29, 1.82) is 0 Å². The van der Waals surface area contributed by atoms with E-state index < -0.39 is 11.8 Å². The van der Waals surface area contributed by atoms with Gasteiger partial charge in [0.25, 0.3) is 5.91 Å². The van der Waals surface area contributed by atoms with Gasteiger partial charge in [-0.15, -0.1) is 0 Å². The third-order valence-electron chi connectivity index (χ3n) is 7.11. The van der Waals surface area contributed by atoms with Crippen LogP contribution in [-0.4, -0.2) is 55.3 Å². The smallest absolute Gasteiger partial charge is 0.313 e. The Balaban J connectivity index is 1.37. The highest BCUT2D eigenvalue weighted by molar-refractivity contribution is 6.40. The van der Waals surface area contributed by atoms with Crippen LogP contribution < -0.4 is 16.0 Å². The average molecular weight is 427 g/mol. The van der Waals surface area contributed by atoms with Crippen molar-refractivity contribution < 1.29 is 14.4 Å². The largest absolute Gasteiger partial charge is 0.348 e. The first kappa shape index (κ1) is 21.8. The van der Waals surface area contributed by atoms with Gasteiger partial charge in [-0.3, -0.25) is 14.4 Å². The second-order valence-electron chi connectivity index (χ2n) is 10.1. The predicted molar refractivity (Wildman–Crippen MR) is 120 cm³/mol. The zero-order chi connectivity index (χ0) is 22.0. The summed E-state index contributed by atoms with van der Waals surface area (Å²) in [5.41, 5.74) is 0.678. The summed E-state index contributed by atoms with van der Waals surface area (Å²) in [6.07, 6.45) is 7.89. The van der Waals surface area contributed by atoms with Crippen molar-refractivity contribution in [3.8, 4) is 0 Å². The van der Waals surface area contributed by atoms with Crippen LogP contribution in [0.2, 0.25) is 0 Å². The maximum absolute atomic E-state index is 13.2. The SMILES string of the molecule is CN(C)CCCNC(=O)C(=O)Nc1ccccc1C(=O)NC12CC3CC(CC(C3)C1)C2. The predicted octanol–water partition coefficient (Wildman–Crippen LogP) is 2.39. The Morgan fingerprint density at radius 1 is 0.968 bits per heavy atom. The number of rotatable bonds is 7. The fourth-order valence-electron chi connectivity index (χ4n) is 6.22. The average Bonchev–Trinajstić information content (AvgIpc) is 2.69. The minimum absolute atomic E-state index is 0.104. The fraction of sp³-hybridized carbons (Fsp3) is 0.625. The molecule has 0 atom stereocenters. The van der Waals surface area contributed by atoms with E-state index in [-0.39, 0.29) is 11.4 Å². The highest BCUT2D eigenvalue weighted by Crippen LogP contribution is 2.55. The summed E-state index contributed by atoms with van der Waals surface area (Å²) in [5, 5.41) is 8.60. The minimum Gasteiger partial charge on any atom is -0.348 e. The van der Waals surface area contributed by atoms with Crippen molar-refractivity contribution in [2.75, 3.05) is 32.5 Å². The molecule has 4 aliphatic rings.